The highest BCUT2D eigenvalue weighted by molar-refractivity contribution is 7.98. The lowest BCUT2D eigenvalue weighted by molar-refractivity contribution is -0.136. The van der Waals surface area contributed by atoms with Crippen molar-refractivity contribution in [2.45, 2.75) is 44.2 Å². The van der Waals surface area contributed by atoms with Crippen LogP contribution in [0, 0.1) is 0 Å². The summed E-state index contributed by atoms with van der Waals surface area (Å²) in [6, 6.07) is 0. The maximum Gasteiger partial charge on any atom is 0.314 e. The van der Waals surface area contributed by atoms with Gasteiger partial charge in [0.15, 0.2) is 0 Å². The van der Waals surface area contributed by atoms with E-state index in [1.54, 1.807) is 16.4 Å². The summed E-state index contributed by atoms with van der Waals surface area (Å²) in [6.45, 7) is 6.25. The summed E-state index contributed by atoms with van der Waals surface area (Å²) in [5.74, 6) is 0.810. The largest absolute Gasteiger partial charge is 0.396 e. The third-order valence-corrected chi connectivity index (χ3v) is 4.22. The number of thioether (sulfide) groups is 1. The van der Waals surface area contributed by atoms with Crippen LogP contribution in [0.5, 0.6) is 0 Å². The number of rotatable bonds is 4. The lowest BCUT2D eigenvalue weighted by Crippen LogP contribution is -2.37. The highest BCUT2D eigenvalue weighted by atomic mass is 32.2. The zero-order valence-electron chi connectivity index (χ0n) is 13.1. The number of anilines is 1. The van der Waals surface area contributed by atoms with Gasteiger partial charge in [-0.15, -0.1) is 0 Å². The first-order chi connectivity index (χ1) is 10.3. The Bertz CT molecular complexity index is 577. The first-order valence-electron chi connectivity index (χ1n) is 7.23. The molecule has 0 saturated heterocycles. The van der Waals surface area contributed by atoms with Crippen molar-refractivity contribution in [1.29, 1.82) is 0 Å². The van der Waals surface area contributed by atoms with E-state index in [1.807, 2.05) is 20.8 Å². The lowest BCUT2D eigenvalue weighted by atomic mass is 10.1. The normalized spacial score (nSPS) is 13.8. The maximum absolute atomic E-state index is 12.1. The molecule has 0 unspecified atom stereocenters. The Kier molecular flexibility index (Phi) is 5.12. The zero-order valence-corrected chi connectivity index (χ0v) is 13.9. The summed E-state index contributed by atoms with van der Waals surface area (Å²) in [7, 11) is 0. The Morgan fingerprint density at radius 1 is 1.32 bits per heavy atom. The quantitative estimate of drug-likeness (QED) is 0.562. The van der Waals surface area contributed by atoms with Crippen LogP contribution in [0.2, 0.25) is 0 Å². The molecule has 8 heteroatoms. The first kappa shape index (κ1) is 16.8. The topological polar surface area (TPSA) is 96.2 Å². The molecular weight excluding hydrogens is 304 g/mol. The van der Waals surface area contributed by atoms with E-state index in [1.165, 1.54) is 0 Å². The predicted molar refractivity (Wildman–Crippen MR) is 85.6 cm³/mol. The molecular formula is C14H22N4O3S. The molecule has 0 fully saturated rings. The number of hydrogen-bond donors (Lipinski definition) is 3. The smallest absolute Gasteiger partial charge is 0.314 e. The molecule has 0 saturated carbocycles. The van der Waals surface area contributed by atoms with Crippen LogP contribution in [-0.4, -0.2) is 39.9 Å². The second-order valence-electron chi connectivity index (χ2n) is 6.14. The highest BCUT2D eigenvalue weighted by Gasteiger charge is 2.29. The molecule has 3 N–H and O–H groups in total. The van der Waals surface area contributed by atoms with Gasteiger partial charge in [0.25, 0.3) is 0 Å². The van der Waals surface area contributed by atoms with Crippen molar-refractivity contribution in [2.75, 3.05) is 18.5 Å². The molecule has 0 bridgehead atoms. The Morgan fingerprint density at radius 3 is 2.68 bits per heavy atom. The van der Waals surface area contributed by atoms with Crippen LogP contribution in [-0.2, 0) is 26.6 Å². The van der Waals surface area contributed by atoms with E-state index in [4.69, 9.17) is 5.11 Å². The second-order valence-corrected chi connectivity index (χ2v) is 7.12. The van der Waals surface area contributed by atoms with Crippen LogP contribution < -0.4 is 10.6 Å². The fourth-order valence-electron chi connectivity index (χ4n) is 2.15. The van der Waals surface area contributed by atoms with E-state index in [0.29, 0.717) is 12.2 Å². The fraction of sp³-hybridized carbons (Fsp3) is 0.643. The second kappa shape index (κ2) is 6.70. The van der Waals surface area contributed by atoms with E-state index in [0.717, 1.165) is 22.8 Å². The molecule has 0 aliphatic carbocycles. The van der Waals surface area contributed by atoms with Crippen LogP contribution in [0.25, 0.3) is 0 Å². The number of aliphatic hydroxyl groups excluding tert-OH is 1. The number of aliphatic hydroxyl groups is 1. The van der Waals surface area contributed by atoms with Gasteiger partial charge in [0.05, 0.1) is 11.2 Å². The van der Waals surface area contributed by atoms with E-state index in [9.17, 15) is 9.59 Å². The lowest BCUT2D eigenvalue weighted by Gasteiger charge is -2.23. The molecule has 2 amide bonds. The molecule has 122 valence electrons. The van der Waals surface area contributed by atoms with Crippen molar-refractivity contribution in [3.63, 3.8) is 0 Å². The molecule has 2 heterocycles. The minimum atomic E-state index is -0.706. The predicted octanol–water partition coefficient (Wildman–Crippen LogP) is 0.822. The molecule has 1 aliphatic rings. The monoisotopic (exact) mass is 326 g/mol. The molecule has 1 aliphatic heterocycles. The van der Waals surface area contributed by atoms with Gasteiger partial charge in [-0.25, -0.2) is 4.68 Å². The molecule has 0 radical (unpaired) electrons. The summed E-state index contributed by atoms with van der Waals surface area (Å²) in [6.07, 6.45) is 0.422. The van der Waals surface area contributed by atoms with Gasteiger partial charge in [-0.3, -0.25) is 9.59 Å². The maximum atomic E-state index is 12.1. The van der Waals surface area contributed by atoms with Gasteiger partial charge in [0, 0.05) is 30.2 Å². The van der Waals surface area contributed by atoms with Gasteiger partial charge < -0.3 is 15.7 Å². The average Bonchev–Trinajstić information content (AvgIpc) is 3.00. The number of carbonyl (C=O) groups is 2. The standard InChI is InChI=1S/C14H22N4O3S/c1-14(2,3)18-11(9-7-22-8-10(9)17-18)16-13(21)12(20)15-5-4-6-19/h19H,4-8H2,1-3H3,(H,15,20)(H,16,21). The molecule has 22 heavy (non-hydrogen) atoms. The summed E-state index contributed by atoms with van der Waals surface area (Å²) in [5.41, 5.74) is 1.68. The number of nitrogens with one attached hydrogen (secondary N) is 2. The number of carbonyl (C=O) groups excluding carboxylic acids is 2. The zero-order chi connectivity index (χ0) is 16.3. The third-order valence-electron chi connectivity index (χ3n) is 3.25. The fourth-order valence-corrected chi connectivity index (χ4v) is 3.19. The van der Waals surface area contributed by atoms with Crippen molar-refractivity contribution in [2.24, 2.45) is 0 Å². The Balaban J connectivity index is 2.15. The average molecular weight is 326 g/mol. The number of aromatic nitrogens is 2. The van der Waals surface area contributed by atoms with Gasteiger partial charge in [-0.2, -0.15) is 16.9 Å². The summed E-state index contributed by atoms with van der Waals surface area (Å²) in [5, 5.41) is 18.4. The van der Waals surface area contributed by atoms with Gasteiger partial charge >= 0.3 is 11.8 Å². The van der Waals surface area contributed by atoms with Gasteiger partial charge in [0.2, 0.25) is 0 Å². The van der Waals surface area contributed by atoms with Gasteiger partial charge in [-0.1, -0.05) is 0 Å². The minimum absolute atomic E-state index is 0.0244. The minimum Gasteiger partial charge on any atom is -0.396 e. The Hall–Kier alpha value is -1.54. The van der Waals surface area contributed by atoms with E-state index in [2.05, 4.69) is 15.7 Å². The van der Waals surface area contributed by atoms with Crippen LogP contribution in [0.1, 0.15) is 38.4 Å². The van der Waals surface area contributed by atoms with Gasteiger partial charge in [-0.05, 0) is 27.2 Å². The molecule has 1 aromatic heterocycles. The molecule has 7 nitrogen and oxygen atoms in total. The van der Waals surface area contributed by atoms with E-state index in [-0.39, 0.29) is 18.7 Å². The third kappa shape index (κ3) is 3.61. The summed E-state index contributed by atoms with van der Waals surface area (Å²) >= 11 is 1.74. The number of hydrogen-bond acceptors (Lipinski definition) is 5. The number of fused-ring (bicyclic) bond motifs is 1. The SMILES string of the molecule is CC(C)(C)n1nc2c(c1NC(=O)C(=O)NCCCO)CSC2. The van der Waals surface area contributed by atoms with Crippen molar-refractivity contribution < 1.29 is 14.7 Å². The Labute approximate surface area is 133 Å². The highest BCUT2D eigenvalue weighted by Crippen LogP contribution is 2.37. The van der Waals surface area contributed by atoms with Crippen LogP contribution in [0.3, 0.4) is 0 Å². The van der Waals surface area contributed by atoms with Crippen LogP contribution >= 0.6 is 11.8 Å². The van der Waals surface area contributed by atoms with E-state index >= 15 is 0 Å². The summed E-state index contributed by atoms with van der Waals surface area (Å²) < 4.78 is 1.77. The molecule has 0 atom stereocenters. The van der Waals surface area contributed by atoms with Crippen molar-refractivity contribution in [3.8, 4) is 0 Å². The van der Waals surface area contributed by atoms with Crippen molar-refractivity contribution >= 4 is 29.4 Å². The van der Waals surface area contributed by atoms with Crippen molar-refractivity contribution in [3.05, 3.63) is 11.3 Å². The molecule has 1 aromatic rings. The molecule has 0 spiro atoms. The van der Waals surface area contributed by atoms with Crippen LogP contribution in [0.4, 0.5) is 5.82 Å². The number of nitrogens with zero attached hydrogens (tertiary/aromatic N) is 2. The van der Waals surface area contributed by atoms with Crippen molar-refractivity contribution in [1.82, 2.24) is 15.1 Å². The molecule has 0 aromatic carbocycles. The Morgan fingerprint density at radius 2 is 2.05 bits per heavy atom. The van der Waals surface area contributed by atoms with Gasteiger partial charge in [0.1, 0.15) is 5.82 Å². The number of amides is 2. The van der Waals surface area contributed by atoms with Crippen LogP contribution in [0.15, 0.2) is 0 Å². The van der Waals surface area contributed by atoms with E-state index < -0.39 is 11.8 Å². The molecule has 2 rings (SSSR count). The summed E-state index contributed by atoms with van der Waals surface area (Å²) in [4.78, 5) is 23.8. The first-order valence-corrected chi connectivity index (χ1v) is 8.39.